The zero-order chi connectivity index (χ0) is 14.8. The number of hydrogen-bond acceptors (Lipinski definition) is 1. The molecule has 0 aromatic heterocycles. The van der Waals surface area contributed by atoms with Crippen LogP contribution in [0.25, 0.3) is 0 Å². The molecule has 0 aliphatic rings. The topological polar surface area (TPSA) is 29.4 Å². The second kappa shape index (κ2) is 5.49. The molecule has 0 fully saturated rings. The summed E-state index contributed by atoms with van der Waals surface area (Å²) in [5, 5.41) is 0. The molecule has 0 amide bonds. The summed E-state index contributed by atoms with van der Waals surface area (Å²) in [5.41, 5.74) is 0.997. The van der Waals surface area contributed by atoms with Crippen molar-refractivity contribution < 1.29 is 13.0 Å². The van der Waals surface area contributed by atoms with Crippen molar-refractivity contribution in [1.29, 1.82) is 0 Å². The van der Waals surface area contributed by atoms with E-state index in [0.717, 1.165) is 6.92 Å². The molecule has 0 heterocycles. The fraction of sp³-hybridized carbons (Fsp3) is 0.500. The van der Waals surface area contributed by atoms with Crippen molar-refractivity contribution in [2.24, 2.45) is 4.40 Å². The van der Waals surface area contributed by atoms with E-state index < -0.39 is 21.7 Å². The van der Waals surface area contributed by atoms with E-state index in [4.69, 9.17) is 0 Å². The summed E-state index contributed by atoms with van der Waals surface area (Å²) in [4.78, 5) is 0. The van der Waals surface area contributed by atoms with Gasteiger partial charge in [0.25, 0.3) is 5.92 Å². The fourth-order valence-electron chi connectivity index (χ4n) is 1.33. The summed E-state index contributed by atoms with van der Waals surface area (Å²) in [6.45, 7) is 7.98. The Labute approximate surface area is 115 Å². The van der Waals surface area contributed by atoms with Gasteiger partial charge in [-0.1, -0.05) is 18.2 Å². The number of hydrogen-bond donors (Lipinski definition) is 0. The van der Waals surface area contributed by atoms with E-state index in [0.29, 0.717) is 11.3 Å². The molecule has 0 saturated carbocycles. The average Bonchev–Trinajstić information content (AvgIpc) is 2.26. The van der Waals surface area contributed by atoms with Crippen LogP contribution in [0.1, 0.15) is 45.7 Å². The number of rotatable bonds is 3. The summed E-state index contributed by atoms with van der Waals surface area (Å²) in [7, 11) is -1.40. The predicted octanol–water partition coefficient (Wildman–Crippen LogP) is 4.07. The highest BCUT2D eigenvalue weighted by Gasteiger charge is 2.24. The minimum Gasteiger partial charge on any atom is -0.234 e. The quantitative estimate of drug-likeness (QED) is 0.771. The Morgan fingerprint density at radius 3 is 2.26 bits per heavy atom. The van der Waals surface area contributed by atoms with Crippen molar-refractivity contribution in [3.8, 4) is 0 Å². The molecule has 5 heteroatoms. The van der Waals surface area contributed by atoms with Crippen molar-refractivity contribution in [3.63, 3.8) is 0 Å². The minimum atomic E-state index is -2.89. The lowest BCUT2D eigenvalue weighted by atomic mass is 10.0. The second-order valence-electron chi connectivity index (χ2n) is 5.51. The Balaban J connectivity index is 3.11. The van der Waals surface area contributed by atoms with E-state index in [-0.39, 0.29) is 5.56 Å². The van der Waals surface area contributed by atoms with Crippen LogP contribution in [0.15, 0.2) is 28.7 Å². The highest BCUT2D eigenvalue weighted by Crippen LogP contribution is 2.27. The molecule has 1 aromatic rings. The van der Waals surface area contributed by atoms with Crippen LogP contribution in [0.4, 0.5) is 8.78 Å². The fourth-order valence-corrected chi connectivity index (χ4v) is 1.96. The molecule has 0 saturated heterocycles. The molecule has 106 valence electrons. The zero-order valence-corrected chi connectivity index (χ0v) is 12.6. The molecule has 0 aliphatic carbocycles. The van der Waals surface area contributed by atoms with Gasteiger partial charge in [-0.3, -0.25) is 0 Å². The van der Waals surface area contributed by atoms with Gasteiger partial charge in [0.1, 0.15) is 11.0 Å². The maximum absolute atomic E-state index is 13.2. The SMILES string of the molecule is C/C(=N\[S@](=O)C(C)(C)C)c1cccc(C(C)(F)F)c1. The van der Waals surface area contributed by atoms with Gasteiger partial charge >= 0.3 is 0 Å². The van der Waals surface area contributed by atoms with Crippen LogP contribution >= 0.6 is 0 Å². The second-order valence-corrected chi connectivity index (χ2v) is 7.41. The van der Waals surface area contributed by atoms with Crippen molar-refractivity contribution in [1.82, 2.24) is 0 Å². The molecule has 19 heavy (non-hydrogen) atoms. The predicted molar refractivity (Wildman–Crippen MR) is 76.1 cm³/mol. The Morgan fingerprint density at radius 1 is 1.21 bits per heavy atom. The van der Waals surface area contributed by atoms with Crippen molar-refractivity contribution in [2.45, 2.75) is 45.3 Å². The highest BCUT2D eigenvalue weighted by molar-refractivity contribution is 7.85. The highest BCUT2D eigenvalue weighted by atomic mass is 32.2. The third-order valence-electron chi connectivity index (χ3n) is 2.53. The molecule has 0 spiro atoms. The lowest BCUT2D eigenvalue weighted by Gasteiger charge is -2.15. The molecule has 0 N–H and O–H groups in total. The van der Waals surface area contributed by atoms with Crippen LogP contribution in [0, 0.1) is 0 Å². The summed E-state index contributed by atoms with van der Waals surface area (Å²) in [6, 6.07) is 6.01. The summed E-state index contributed by atoms with van der Waals surface area (Å²) >= 11 is 0. The van der Waals surface area contributed by atoms with Gasteiger partial charge in [0, 0.05) is 12.5 Å². The van der Waals surface area contributed by atoms with E-state index in [1.165, 1.54) is 12.1 Å². The molecule has 1 aromatic carbocycles. The first kappa shape index (κ1) is 16.0. The van der Waals surface area contributed by atoms with Gasteiger partial charge in [-0.05, 0) is 39.3 Å². The third kappa shape index (κ3) is 4.49. The number of nitrogens with zero attached hydrogens (tertiary/aromatic N) is 1. The summed E-state index contributed by atoms with van der Waals surface area (Å²) < 4.78 is 42.0. The summed E-state index contributed by atoms with van der Waals surface area (Å²) in [6.07, 6.45) is 0. The Morgan fingerprint density at radius 2 is 1.79 bits per heavy atom. The molecular formula is C14H19F2NOS. The molecule has 0 bridgehead atoms. The first-order chi connectivity index (χ1) is 8.51. The van der Waals surface area contributed by atoms with E-state index >= 15 is 0 Å². The molecule has 2 nitrogen and oxygen atoms in total. The molecule has 0 unspecified atom stereocenters. The molecule has 1 rings (SSSR count). The molecule has 0 aliphatic heterocycles. The van der Waals surface area contributed by atoms with Crippen LogP contribution in [0.2, 0.25) is 0 Å². The number of alkyl halides is 2. The van der Waals surface area contributed by atoms with E-state index in [1.54, 1.807) is 19.1 Å². The van der Waals surface area contributed by atoms with Crippen molar-refractivity contribution >= 4 is 16.7 Å². The lowest BCUT2D eigenvalue weighted by Crippen LogP contribution is -2.20. The zero-order valence-electron chi connectivity index (χ0n) is 11.8. The van der Waals surface area contributed by atoms with Crippen LogP contribution in [-0.2, 0) is 16.9 Å². The minimum absolute atomic E-state index is 0.0684. The molecule has 0 radical (unpaired) electrons. The Kier molecular flexibility index (Phi) is 4.61. The van der Waals surface area contributed by atoms with E-state index in [9.17, 15) is 13.0 Å². The van der Waals surface area contributed by atoms with Crippen LogP contribution in [0.5, 0.6) is 0 Å². The largest absolute Gasteiger partial charge is 0.270 e. The summed E-state index contributed by atoms with van der Waals surface area (Å²) in [5.74, 6) is -2.89. The van der Waals surface area contributed by atoms with Crippen molar-refractivity contribution in [3.05, 3.63) is 35.4 Å². The molecule has 1 atom stereocenters. The van der Waals surface area contributed by atoms with Gasteiger partial charge < -0.3 is 0 Å². The Bertz CT molecular complexity index is 513. The number of halogens is 2. The van der Waals surface area contributed by atoms with E-state index in [2.05, 4.69) is 4.40 Å². The van der Waals surface area contributed by atoms with Gasteiger partial charge in [-0.2, -0.15) is 4.40 Å². The Hall–Kier alpha value is -1.10. The van der Waals surface area contributed by atoms with Crippen LogP contribution < -0.4 is 0 Å². The van der Waals surface area contributed by atoms with Gasteiger partial charge in [-0.25, -0.2) is 13.0 Å². The normalized spacial score (nSPS) is 15.4. The van der Waals surface area contributed by atoms with E-state index in [1.807, 2.05) is 20.8 Å². The van der Waals surface area contributed by atoms with Crippen LogP contribution in [-0.4, -0.2) is 14.7 Å². The van der Waals surface area contributed by atoms with Crippen LogP contribution in [0.3, 0.4) is 0 Å². The monoisotopic (exact) mass is 287 g/mol. The van der Waals surface area contributed by atoms with Gasteiger partial charge in [0.2, 0.25) is 0 Å². The molecular weight excluding hydrogens is 268 g/mol. The van der Waals surface area contributed by atoms with Gasteiger partial charge in [0.15, 0.2) is 0 Å². The maximum Gasteiger partial charge on any atom is 0.270 e. The van der Waals surface area contributed by atoms with Crippen molar-refractivity contribution in [2.75, 3.05) is 0 Å². The average molecular weight is 287 g/mol. The first-order valence-electron chi connectivity index (χ1n) is 5.98. The lowest BCUT2D eigenvalue weighted by molar-refractivity contribution is 0.0174. The van der Waals surface area contributed by atoms with Gasteiger partial charge in [-0.15, -0.1) is 0 Å². The maximum atomic E-state index is 13.2. The standard InChI is InChI=1S/C14H19F2NOS/c1-10(17-19(18)13(2,3)4)11-7-6-8-12(9-11)14(5,15)16/h6-9H,1-5H3/b17-10+/t19-/m1/s1. The van der Waals surface area contributed by atoms with Gasteiger partial charge in [0.05, 0.1) is 10.5 Å². The first-order valence-corrected chi connectivity index (χ1v) is 7.08. The third-order valence-corrected chi connectivity index (χ3v) is 4.02. The smallest absolute Gasteiger partial charge is 0.234 e. The number of benzene rings is 1.